The minimum absolute atomic E-state index is 0.459. The van der Waals surface area contributed by atoms with Crippen molar-refractivity contribution in [3.05, 3.63) is 12.2 Å². The van der Waals surface area contributed by atoms with Crippen LogP contribution in [0.25, 0.3) is 0 Å². The van der Waals surface area contributed by atoms with Crippen molar-refractivity contribution in [1.82, 2.24) is 25.0 Å². The smallest absolute Gasteiger partial charge is 0.147 e. The van der Waals surface area contributed by atoms with Crippen LogP contribution in [0.1, 0.15) is 52.3 Å². The van der Waals surface area contributed by atoms with Crippen LogP contribution in [-0.4, -0.2) is 44.8 Å². The van der Waals surface area contributed by atoms with E-state index in [1.165, 1.54) is 25.7 Å². The van der Waals surface area contributed by atoms with E-state index in [1.54, 1.807) is 0 Å². The van der Waals surface area contributed by atoms with Gasteiger partial charge >= 0.3 is 0 Å². The summed E-state index contributed by atoms with van der Waals surface area (Å²) in [5, 5.41) is 12.1. The Bertz CT molecular complexity index is 467. The Morgan fingerprint density at radius 1 is 1.38 bits per heavy atom. The Balaban J connectivity index is 1.72. The van der Waals surface area contributed by atoms with Gasteiger partial charge in [-0.3, -0.25) is 4.90 Å². The predicted molar refractivity (Wildman–Crippen MR) is 83.9 cm³/mol. The zero-order valence-corrected chi connectivity index (χ0v) is 13.7. The topological polar surface area (TPSA) is 46.0 Å². The average molecular weight is 291 g/mol. The van der Waals surface area contributed by atoms with Gasteiger partial charge in [0, 0.05) is 25.2 Å². The monoisotopic (exact) mass is 291 g/mol. The van der Waals surface area contributed by atoms with E-state index in [0.29, 0.717) is 17.5 Å². The molecule has 2 unspecified atom stereocenters. The summed E-state index contributed by atoms with van der Waals surface area (Å²) in [5.74, 6) is 1.12. The molecule has 2 atom stereocenters. The molecule has 2 aliphatic rings. The standard InChI is InChI=1S/C16H29N5/c1-4-7-17-13-5-6-16(2,3)10-14(13)20-8-9-21-12-18-19-15(21)11-20/h12-14,17H,4-11H2,1-3H3. The number of hydrogen-bond donors (Lipinski definition) is 1. The Morgan fingerprint density at radius 2 is 2.24 bits per heavy atom. The molecular formula is C16H29N5. The van der Waals surface area contributed by atoms with Gasteiger partial charge in [-0.2, -0.15) is 0 Å². The third-order valence-electron chi connectivity index (χ3n) is 5.15. The lowest BCUT2D eigenvalue weighted by molar-refractivity contribution is 0.0462. The van der Waals surface area contributed by atoms with Crippen molar-refractivity contribution in [3.8, 4) is 0 Å². The Hall–Kier alpha value is -0.940. The number of nitrogens with one attached hydrogen (secondary N) is 1. The van der Waals surface area contributed by atoms with Gasteiger partial charge in [-0.1, -0.05) is 20.8 Å². The van der Waals surface area contributed by atoms with Crippen LogP contribution in [0.3, 0.4) is 0 Å². The van der Waals surface area contributed by atoms with Crippen molar-refractivity contribution >= 4 is 0 Å². The maximum absolute atomic E-state index is 4.28. The van der Waals surface area contributed by atoms with Crippen LogP contribution in [0.5, 0.6) is 0 Å². The van der Waals surface area contributed by atoms with Crippen molar-refractivity contribution in [3.63, 3.8) is 0 Å². The van der Waals surface area contributed by atoms with E-state index in [2.05, 4.69) is 45.8 Å². The van der Waals surface area contributed by atoms with Crippen LogP contribution in [0.15, 0.2) is 6.33 Å². The molecule has 0 saturated heterocycles. The van der Waals surface area contributed by atoms with Gasteiger partial charge in [-0.25, -0.2) is 0 Å². The van der Waals surface area contributed by atoms with Crippen molar-refractivity contribution in [2.75, 3.05) is 13.1 Å². The number of nitrogens with zero attached hydrogens (tertiary/aromatic N) is 4. The summed E-state index contributed by atoms with van der Waals surface area (Å²) >= 11 is 0. The normalized spacial score (nSPS) is 29.3. The zero-order valence-electron chi connectivity index (χ0n) is 13.7. The highest BCUT2D eigenvalue weighted by Gasteiger charge is 2.38. The molecule has 1 aromatic rings. The lowest BCUT2D eigenvalue weighted by Crippen LogP contribution is -2.56. The molecule has 1 N–H and O–H groups in total. The summed E-state index contributed by atoms with van der Waals surface area (Å²) < 4.78 is 2.19. The van der Waals surface area contributed by atoms with Gasteiger partial charge in [-0.05, 0) is 37.6 Å². The molecule has 5 nitrogen and oxygen atoms in total. The van der Waals surface area contributed by atoms with Gasteiger partial charge in [0.15, 0.2) is 0 Å². The van der Waals surface area contributed by atoms with Crippen LogP contribution < -0.4 is 5.32 Å². The van der Waals surface area contributed by atoms with Gasteiger partial charge in [0.1, 0.15) is 12.2 Å². The maximum Gasteiger partial charge on any atom is 0.147 e. The van der Waals surface area contributed by atoms with E-state index in [4.69, 9.17) is 0 Å². The van der Waals surface area contributed by atoms with E-state index < -0.39 is 0 Å². The molecule has 0 aromatic carbocycles. The summed E-state index contributed by atoms with van der Waals surface area (Å²) in [5.41, 5.74) is 0.459. The Morgan fingerprint density at radius 3 is 3.05 bits per heavy atom. The first-order valence-corrected chi connectivity index (χ1v) is 8.43. The highest BCUT2D eigenvalue weighted by molar-refractivity contribution is 4.98. The molecule has 1 fully saturated rings. The third kappa shape index (κ3) is 3.29. The largest absolute Gasteiger partial charge is 0.315 e. The summed E-state index contributed by atoms with van der Waals surface area (Å²) in [6.45, 7) is 11.3. The maximum atomic E-state index is 4.28. The van der Waals surface area contributed by atoms with Crippen molar-refractivity contribution in [2.24, 2.45) is 5.41 Å². The van der Waals surface area contributed by atoms with E-state index >= 15 is 0 Å². The van der Waals surface area contributed by atoms with Gasteiger partial charge in [0.2, 0.25) is 0 Å². The van der Waals surface area contributed by atoms with Crippen LogP contribution >= 0.6 is 0 Å². The molecular weight excluding hydrogens is 262 g/mol. The van der Waals surface area contributed by atoms with Gasteiger partial charge in [0.25, 0.3) is 0 Å². The molecule has 0 spiro atoms. The highest BCUT2D eigenvalue weighted by Crippen LogP contribution is 2.38. The molecule has 1 aliphatic heterocycles. The van der Waals surface area contributed by atoms with E-state index in [-0.39, 0.29) is 0 Å². The minimum atomic E-state index is 0.459. The fourth-order valence-corrected chi connectivity index (χ4v) is 3.87. The number of aromatic nitrogens is 3. The lowest BCUT2D eigenvalue weighted by Gasteiger charge is -2.47. The first kappa shape index (κ1) is 15.0. The SMILES string of the molecule is CCCNC1CCC(C)(C)CC1N1CCn2cnnc2C1. The molecule has 0 radical (unpaired) electrons. The molecule has 118 valence electrons. The second-order valence-corrected chi connectivity index (χ2v) is 7.45. The molecule has 0 amide bonds. The Kier molecular flexibility index (Phi) is 4.31. The second kappa shape index (κ2) is 6.05. The number of fused-ring (bicyclic) bond motifs is 1. The average Bonchev–Trinajstić information content (AvgIpc) is 2.92. The van der Waals surface area contributed by atoms with E-state index in [1.807, 2.05) is 6.33 Å². The summed E-state index contributed by atoms with van der Waals surface area (Å²) in [6.07, 6.45) is 6.98. The van der Waals surface area contributed by atoms with Crippen LogP contribution in [0.4, 0.5) is 0 Å². The van der Waals surface area contributed by atoms with Gasteiger partial charge in [0.05, 0.1) is 6.54 Å². The van der Waals surface area contributed by atoms with Crippen LogP contribution in [0, 0.1) is 5.41 Å². The molecule has 1 aromatic heterocycles. The van der Waals surface area contributed by atoms with Gasteiger partial charge in [-0.15, -0.1) is 10.2 Å². The molecule has 1 aliphatic carbocycles. The van der Waals surface area contributed by atoms with Gasteiger partial charge < -0.3 is 9.88 Å². The van der Waals surface area contributed by atoms with Crippen molar-refractivity contribution in [1.29, 1.82) is 0 Å². The Labute approximate surface area is 128 Å². The van der Waals surface area contributed by atoms with E-state index in [9.17, 15) is 0 Å². The number of rotatable bonds is 4. The molecule has 5 heteroatoms. The molecule has 1 saturated carbocycles. The minimum Gasteiger partial charge on any atom is -0.315 e. The molecule has 2 heterocycles. The van der Waals surface area contributed by atoms with Crippen LogP contribution in [0.2, 0.25) is 0 Å². The first-order chi connectivity index (χ1) is 10.1. The first-order valence-electron chi connectivity index (χ1n) is 8.43. The summed E-state index contributed by atoms with van der Waals surface area (Å²) in [7, 11) is 0. The molecule has 3 rings (SSSR count). The number of hydrogen-bond acceptors (Lipinski definition) is 4. The summed E-state index contributed by atoms with van der Waals surface area (Å²) in [6, 6.07) is 1.26. The summed E-state index contributed by atoms with van der Waals surface area (Å²) in [4.78, 5) is 2.64. The quantitative estimate of drug-likeness (QED) is 0.922. The van der Waals surface area contributed by atoms with E-state index in [0.717, 1.165) is 32.0 Å². The van der Waals surface area contributed by atoms with Crippen molar-refractivity contribution < 1.29 is 0 Å². The third-order valence-corrected chi connectivity index (χ3v) is 5.15. The zero-order chi connectivity index (χ0) is 14.9. The fraction of sp³-hybridized carbons (Fsp3) is 0.875. The second-order valence-electron chi connectivity index (χ2n) is 7.45. The fourth-order valence-electron chi connectivity index (χ4n) is 3.87. The predicted octanol–water partition coefficient (Wildman–Crippen LogP) is 2.04. The van der Waals surface area contributed by atoms with Crippen LogP contribution in [-0.2, 0) is 13.1 Å². The van der Waals surface area contributed by atoms with Crippen molar-refractivity contribution in [2.45, 2.75) is 71.6 Å². The molecule has 0 bridgehead atoms. The lowest BCUT2D eigenvalue weighted by atomic mass is 9.72. The highest BCUT2D eigenvalue weighted by atomic mass is 15.3. The molecule has 21 heavy (non-hydrogen) atoms.